The Balaban J connectivity index is 2.19. The van der Waals surface area contributed by atoms with Crippen LogP contribution in [0.15, 0.2) is 12.3 Å². The second-order valence-corrected chi connectivity index (χ2v) is 3.58. The summed E-state index contributed by atoms with van der Waals surface area (Å²) in [5.41, 5.74) is 0.629. The Morgan fingerprint density at radius 2 is 2.33 bits per heavy atom. The van der Waals surface area contributed by atoms with Gasteiger partial charge in [-0.15, -0.1) is 0 Å². The van der Waals surface area contributed by atoms with Crippen molar-refractivity contribution >= 4 is 5.91 Å². The van der Waals surface area contributed by atoms with Crippen LogP contribution < -0.4 is 5.32 Å². The molecular weight excluding hydrogens is 194 g/mol. The van der Waals surface area contributed by atoms with Crippen LogP contribution in [0.4, 0.5) is 0 Å². The van der Waals surface area contributed by atoms with Crippen LogP contribution in [0, 0.1) is 0 Å². The number of hydrogen-bond acceptors (Lipinski definition) is 3. The van der Waals surface area contributed by atoms with Crippen molar-refractivity contribution in [3.05, 3.63) is 18.0 Å². The van der Waals surface area contributed by atoms with Crippen LogP contribution in [-0.2, 0) is 4.74 Å². The molecule has 0 unspecified atom stereocenters. The number of aromatic nitrogens is 2. The molecule has 0 saturated carbocycles. The zero-order chi connectivity index (χ0) is 10.7. The minimum Gasteiger partial charge on any atom is -0.381 e. The van der Waals surface area contributed by atoms with Gasteiger partial charge in [-0.25, -0.2) is 0 Å². The van der Waals surface area contributed by atoms with E-state index in [2.05, 4.69) is 10.4 Å². The van der Waals surface area contributed by atoms with Crippen LogP contribution in [0.5, 0.6) is 0 Å². The second kappa shape index (κ2) is 4.44. The van der Waals surface area contributed by atoms with E-state index in [9.17, 15) is 4.79 Å². The van der Waals surface area contributed by atoms with Crippen molar-refractivity contribution < 1.29 is 9.53 Å². The number of rotatable bonds is 2. The molecule has 1 fully saturated rings. The molecule has 0 bridgehead atoms. The van der Waals surface area contributed by atoms with Crippen LogP contribution in [-0.4, -0.2) is 35.9 Å². The largest absolute Gasteiger partial charge is 0.381 e. The fourth-order valence-corrected chi connectivity index (χ4v) is 1.84. The molecule has 1 amide bonds. The zero-order valence-corrected chi connectivity index (χ0v) is 8.77. The predicted molar refractivity (Wildman–Crippen MR) is 54.7 cm³/mol. The molecule has 0 atom stereocenters. The van der Waals surface area contributed by atoms with Crippen molar-refractivity contribution in [2.24, 2.45) is 0 Å². The highest BCUT2D eigenvalue weighted by Gasteiger charge is 2.20. The van der Waals surface area contributed by atoms with Gasteiger partial charge in [-0.05, 0) is 18.9 Å². The normalized spacial score (nSPS) is 17.7. The molecule has 1 saturated heterocycles. The van der Waals surface area contributed by atoms with Gasteiger partial charge in [0.25, 0.3) is 5.91 Å². The number of nitrogens with one attached hydrogen (secondary N) is 1. The first kappa shape index (κ1) is 10.2. The summed E-state index contributed by atoms with van der Waals surface area (Å²) in [6.07, 6.45) is 3.51. The minimum absolute atomic E-state index is 0.0843. The van der Waals surface area contributed by atoms with E-state index in [1.54, 1.807) is 24.0 Å². The first-order chi connectivity index (χ1) is 7.33. The lowest BCUT2D eigenvalue weighted by atomic mass is 10.1. The molecule has 2 heterocycles. The summed E-state index contributed by atoms with van der Waals surface area (Å²) in [6, 6.07) is 2.04. The number of hydrogen-bond donors (Lipinski definition) is 1. The highest BCUT2D eigenvalue weighted by molar-refractivity contribution is 5.92. The monoisotopic (exact) mass is 209 g/mol. The van der Waals surface area contributed by atoms with E-state index >= 15 is 0 Å². The lowest BCUT2D eigenvalue weighted by Crippen LogP contribution is -2.27. The summed E-state index contributed by atoms with van der Waals surface area (Å²) in [4.78, 5) is 11.5. The van der Waals surface area contributed by atoms with Gasteiger partial charge >= 0.3 is 0 Å². The maximum atomic E-state index is 11.5. The van der Waals surface area contributed by atoms with Gasteiger partial charge in [-0.3, -0.25) is 9.48 Å². The van der Waals surface area contributed by atoms with Crippen molar-refractivity contribution in [2.75, 3.05) is 20.3 Å². The molecule has 0 aliphatic carbocycles. The minimum atomic E-state index is -0.0843. The van der Waals surface area contributed by atoms with Crippen molar-refractivity contribution in [1.82, 2.24) is 15.1 Å². The molecule has 5 nitrogen and oxygen atoms in total. The molecule has 1 aromatic heterocycles. The van der Waals surface area contributed by atoms with E-state index in [-0.39, 0.29) is 5.91 Å². The molecule has 0 radical (unpaired) electrons. The molecule has 1 aromatic rings. The Labute approximate surface area is 88.4 Å². The van der Waals surface area contributed by atoms with Gasteiger partial charge in [0.1, 0.15) is 5.69 Å². The first-order valence-electron chi connectivity index (χ1n) is 5.16. The van der Waals surface area contributed by atoms with Gasteiger partial charge in [0.15, 0.2) is 0 Å². The molecular formula is C10H15N3O2. The van der Waals surface area contributed by atoms with Gasteiger partial charge in [0.05, 0.1) is 6.04 Å². The molecule has 1 N–H and O–H groups in total. The molecule has 15 heavy (non-hydrogen) atoms. The number of carbonyl (C=O) groups is 1. The highest BCUT2D eigenvalue weighted by Crippen LogP contribution is 2.21. The van der Waals surface area contributed by atoms with Crippen LogP contribution in [0.2, 0.25) is 0 Å². The van der Waals surface area contributed by atoms with Gasteiger partial charge in [0, 0.05) is 26.5 Å². The molecule has 0 spiro atoms. The van der Waals surface area contributed by atoms with Crippen LogP contribution in [0.25, 0.3) is 0 Å². The maximum Gasteiger partial charge on any atom is 0.269 e. The van der Waals surface area contributed by atoms with E-state index in [1.807, 2.05) is 0 Å². The van der Waals surface area contributed by atoms with Crippen LogP contribution in [0.3, 0.4) is 0 Å². The Hall–Kier alpha value is -1.36. The molecule has 1 aliphatic rings. The van der Waals surface area contributed by atoms with Gasteiger partial charge in [0.2, 0.25) is 0 Å². The molecule has 0 aromatic carbocycles. The van der Waals surface area contributed by atoms with Gasteiger partial charge in [-0.2, -0.15) is 5.10 Å². The van der Waals surface area contributed by atoms with Crippen molar-refractivity contribution in [3.63, 3.8) is 0 Å². The summed E-state index contributed by atoms with van der Waals surface area (Å²) in [6.45, 7) is 1.50. The Bertz CT molecular complexity index is 342. The number of amides is 1. The SMILES string of the molecule is CNC(=O)c1ccnn1C1CCOCC1. The summed E-state index contributed by atoms with van der Waals surface area (Å²) in [5.74, 6) is -0.0843. The third-order valence-corrected chi connectivity index (χ3v) is 2.67. The zero-order valence-electron chi connectivity index (χ0n) is 8.77. The summed E-state index contributed by atoms with van der Waals surface area (Å²) >= 11 is 0. The molecule has 1 aliphatic heterocycles. The topological polar surface area (TPSA) is 56.2 Å². The van der Waals surface area contributed by atoms with E-state index in [0.717, 1.165) is 26.1 Å². The quantitative estimate of drug-likeness (QED) is 0.775. The lowest BCUT2D eigenvalue weighted by molar-refractivity contribution is 0.0642. The van der Waals surface area contributed by atoms with Crippen molar-refractivity contribution in [1.29, 1.82) is 0 Å². The van der Waals surface area contributed by atoms with Crippen molar-refractivity contribution in [2.45, 2.75) is 18.9 Å². The summed E-state index contributed by atoms with van der Waals surface area (Å²) in [7, 11) is 1.63. The lowest BCUT2D eigenvalue weighted by Gasteiger charge is -2.23. The Morgan fingerprint density at radius 3 is 3.00 bits per heavy atom. The average Bonchev–Trinajstić information content (AvgIpc) is 2.78. The molecule has 82 valence electrons. The van der Waals surface area contributed by atoms with E-state index < -0.39 is 0 Å². The highest BCUT2D eigenvalue weighted by atomic mass is 16.5. The number of nitrogens with zero attached hydrogens (tertiary/aromatic N) is 2. The van der Waals surface area contributed by atoms with E-state index in [4.69, 9.17) is 4.74 Å². The van der Waals surface area contributed by atoms with Crippen LogP contribution in [0.1, 0.15) is 29.4 Å². The van der Waals surface area contributed by atoms with Crippen molar-refractivity contribution in [3.8, 4) is 0 Å². The standard InChI is InChI=1S/C10H15N3O2/c1-11-10(14)9-2-5-12-13(9)8-3-6-15-7-4-8/h2,5,8H,3-4,6-7H2,1H3,(H,11,14). The number of ether oxygens (including phenoxy) is 1. The van der Waals surface area contributed by atoms with E-state index in [0.29, 0.717) is 11.7 Å². The Morgan fingerprint density at radius 1 is 1.60 bits per heavy atom. The van der Waals surface area contributed by atoms with Gasteiger partial charge in [-0.1, -0.05) is 0 Å². The predicted octanol–water partition coefficient (Wildman–Crippen LogP) is 0.594. The van der Waals surface area contributed by atoms with E-state index in [1.165, 1.54) is 0 Å². The average molecular weight is 209 g/mol. The maximum absolute atomic E-state index is 11.5. The molecule has 2 rings (SSSR count). The fourth-order valence-electron chi connectivity index (χ4n) is 1.84. The number of carbonyl (C=O) groups excluding carboxylic acids is 1. The van der Waals surface area contributed by atoms with Crippen LogP contribution >= 0.6 is 0 Å². The van der Waals surface area contributed by atoms with Gasteiger partial charge < -0.3 is 10.1 Å². The second-order valence-electron chi connectivity index (χ2n) is 3.58. The summed E-state index contributed by atoms with van der Waals surface area (Å²) < 4.78 is 7.09. The third-order valence-electron chi connectivity index (χ3n) is 2.67. The smallest absolute Gasteiger partial charge is 0.269 e. The molecule has 5 heteroatoms. The third kappa shape index (κ3) is 2.02. The Kier molecular flexibility index (Phi) is 3.01. The fraction of sp³-hybridized carbons (Fsp3) is 0.600. The first-order valence-corrected chi connectivity index (χ1v) is 5.16. The summed E-state index contributed by atoms with van der Waals surface area (Å²) in [5, 5.41) is 6.83.